The predicted octanol–water partition coefficient (Wildman–Crippen LogP) is 6.15. The highest BCUT2D eigenvalue weighted by Crippen LogP contribution is 2.47. The Morgan fingerprint density at radius 3 is 1.87 bits per heavy atom. The van der Waals surface area contributed by atoms with Gasteiger partial charge in [-0.3, -0.25) is 9.88 Å². The van der Waals surface area contributed by atoms with Crippen LogP contribution < -0.4 is 4.90 Å². The molecule has 0 N–H and O–H groups in total. The number of halogens is 11. The number of nitrogens with zero attached hydrogens (tertiary/aromatic N) is 2. The molecule has 0 fully saturated rings. The third-order valence-electron chi connectivity index (χ3n) is 4.22. The summed E-state index contributed by atoms with van der Waals surface area (Å²) in [6.07, 6.45) is -4.21. The molecule has 1 aromatic carbocycles. The van der Waals surface area contributed by atoms with Gasteiger partial charge in [-0.1, -0.05) is 0 Å². The second-order valence-electron chi connectivity index (χ2n) is 6.15. The van der Waals surface area contributed by atoms with Crippen LogP contribution in [0.1, 0.15) is 11.1 Å². The lowest BCUT2D eigenvalue weighted by atomic mass is 9.97. The van der Waals surface area contributed by atoms with Crippen molar-refractivity contribution >= 4 is 5.69 Å². The van der Waals surface area contributed by atoms with Gasteiger partial charge in [0.15, 0.2) is 34.9 Å². The van der Waals surface area contributed by atoms with E-state index in [1.807, 2.05) is 0 Å². The van der Waals surface area contributed by atoms with Crippen LogP contribution in [0.3, 0.4) is 0 Å². The maximum atomic E-state index is 15.6. The summed E-state index contributed by atoms with van der Waals surface area (Å²) in [5, 5.41) is 0. The molecule has 0 saturated carbocycles. The number of aromatic nitrogens is 1. The van der Waals surface area contributed by atoms with Crippen molar-refractivity contribution in [3.63, 3.8) is 0 Å². The number of hydrogen-bond acceptors (Lipinski definition) is 2. The van der Waals surface area contributed by atoms with Crippen LogP contribution >= 0.6 is 0 Å². The highest BCUT2D eigenvalue weighted by Gasteiger charge is 2.52. The van der Waals surface area contributed by atoms with Crippen LogP contribution in [0.4, 0.5) is 54.0 Å². The number of allylic oxidation sites excluding steroid dienone is 2. The molecule has 1 unspecified atom stereocenters. The largest absolute Gasteiger partial charge is 0.422 e. The van der Waals surface area contributed by atoms with Crippen LogP contribution in [-0.4, -0.2) is 10.8 Å². The Bertz CT molecular complexity index is 1060. The van der Waals surface area contributed by atoms with Gasteiger partial charge in [-0.05, 0) is 17.7 Å². The van der Waals surface area contributed by atoms with Crippen LogP contribution in [0.2, 0.25) is 0 Å². The Hall–Kier alpha value is -3.12. The lowest BCUT2D eigenvalue weighted by molar-refractivity contribution is -0.143. The van der Waals surface area contributed by atoms with Gasteiger partial charge < -0.3 is 0 Å². The number of pyridine rings is 1. The van der Waals surface area contributed by atoms with Crippen LogP contribution in [0.5, 0.6) is 0 Å². The van der Waals surface area contributed by atoms with Crippen molar-refractivity contribution in [2.45, 2.75) is 18.4 Å². The maximum Gasteiger partial charge on any atom is 0.422 e. The third kappa shape index (κ3) is 3.61. The second-order valence-corrected chi connectivity index (χ2v) is 6.15. The first kappa shape index (κ1) is 22.6. The van der Waals surface area contributed by atoms with Crippen molar-refractivity contribution < 1.29 is 48.3 Å². The fourth-order valence-corrected chi connectivity index (χ4v) is 2.86. The van der Waals surface area contributed by atoms with Crippen molar-refractivity contribution in [1.29, 1.82) is 0 Å². The van der Waals surface area contributed by atoms with Gasteiger partial charge in [0.2, 0.25) is 11.7 Å². The fourth-order valence-electron chi connectivity index (χ4n) is 2.86. The lowest BCUT2D eigenvalue weighted by Gasteiger charge is -2.39. The van der Waals surface area contributed by atoms with E-state index in [0.717, 1.165) is 30.6 Å². The van der Waals surface area contributed by atoms with E-state index in [9.17, 15) is 43.9 Å². The molecule has 1 aromatic heterocycles. The van der Waals surface area contributed by atoms with E-state index in [2.05, 4.69) is 4.98 Å². The Morgan fingerprint density at radius 2 is 1.39 bits per heavy atom. The molecule has 165 valence electrons. The van der Waals surface area contributed by atoms with Crippen LogP contribution in [-0.2, 0) is 12.6 Å². The minimum absolute atomic E-state index is 0.219. The summed E-state index contributed by atoms with van der Waals surface area (Å²) in [4.78, 5) is 2.47. The Labute approximate surface area is 165 Å². The molecule has 0 aliphatic carbocycles. The topological polar surface area (TPSA) is 16.1 Å². The van der Waals surface area contributed by atoms with Crippen LogP contribution in [0.15, 0.2) is 42.1 Å². The SMILES string of the molecule is FC1=[C]C(F)=C(F)N(c2c(F)c(F)c(C(F)(F)F)c(F)c2F)C1(F)Cc1ccncc1. The summed E-state index contributed by atoms with van der Waals surface area (Å²) < 4.78 is 153. The molecule has 0 bridgehead atoms. The Morgan fingerprint density at radius 1 is 0.871 bits per heavy atom. The zero-order valence-electron chi connectivity index (χ0n) is 14.6. The summed E-state index contributed by atoms with van der Waals surface area (Å²) in [6.45, 7) is 0. The summed E-state index contributed by atoms with van der Waals surface area (Å²) in [5.74, 6) is -23.3. The highest BCUT2D eigenvalue weighted by molar-refractivity contribution is 5.61. The monoisotopic (exact) mass is 459 g/mol. The molecule has 1 aliphatic heterocycles. The molecule has 0 spiro atoms. The van der Waals surface area contributed by atoms with Gasteiger partial charge in [0, 0.05) is 18.8 Å². The maximum absolute atomic E-state index is 15.6. The molecule has 0 amide bonds. The molecular weight excluding hydrogens is 453 g/mol. The first-order valence-corrected chi connectivity index (χ1v) is 7.97. The zero-order chi connectivity index (χ0) is 23.3. The zero-order valence-corrected chi connectivity index (χ0v) is 14.6. The molecule has 1 radical (unpaired) electrons. The standard InChI is InChI=1S/C18H6F11N2/c19-8-5-9(20)17(26,6-7-1-3-30-4-2-7)31(16(8)25)15-13(23)11(21)10(18(27,28)29)12(22)14(15)24/h1-4H,6H2. The Kier molecular flexibility index (Phi) is 5.48. The van der Waals surface area contributed by atoms with Crippen molar-refractivity contribution in [3.05, 3.63) is 82.6 Å². The molecular formula is C18H6F11N2. The fraction of sp³-hybridized carbons (Fsp3) is 0.167. The van der Waals surface area contributed by atoms with E-state index in [4.69, 9.17) is 0 Å². The molecule has 2 heterocycles. The van der Waals surface area contributed by atoms with Gasteiger partial charge in [-0.25, -0.2) is 30.7 Å². The number of alkyl halides is 4. The normalized spacial score (nSPS) is 19.7. The number of anilines is 1. The average Bonchev–Trinajstić information content (AvgIpc) is 2.67. The summed E-state index contributed by atoms with van der Waals surface area (Å²) >= 11 is 0. The molecule has 3 rings (SSSR count). The summed E-state index contributed by atoms with van der Waals surface area (Å²) in [7, 11) is 0. The van der Waals surface area contributed by atoms with E-state index < -0.39 is 75.4 Å². The van der Waals surface area contributed by atoms with E-state index in [1.165, 1.54) is 0 Å². The van der Waals surface area contributed by atoms with Gasteiger partial charge in [0.05, 0.1) is 6.08 Å². The van der Waals surface area contributed by atoms with E-state index in [0.29, 0.717) is 0 Å². The van der Waals surface area contributed by atoms with Crippen molar-refractivity contribution in [3.8, 4) is 0 Å². The van der Waals surface area contributed by atoms with Crippen molar-refractivity contribution in [2.75, 3.05) is 4.90 Å². The van der Waals surface area contributed by atoms with Crippen LogP contribution in [0, 0.1) is 29.3 Å². The van der Waals surface area contributed by atoms with E-state index >= 15 is 4.39 Å². The number of rotatable bonds is 3. The van der Waals surface area contributed by atoms with Crippen molar-refractivity contribution in [2.24, 2.45) is 0 Å². The third-order valence-corrected chi connectivity index (χ3v) is 4.22. The quantitative estimate of drug-likeness (QED) is 0.311. The number of hydrogen-bond donors (Lipinski definition) is 0. The summed E-state index contributed by atoms with van der Waals surface area (Å²) in [5.41, 5.74) is -5.71. The Balaban J connectivity index is 2.31. The molecule has 2 aromatic rings. The minimum atomic E-state index is -5.95. The van der Waals surface area contributed by atoms with Gasteiger partial charge in [-0.2, -0.15) is 17.6 Å². The first-order chi connectivity index (χ1) is 14.3. The summed E-state index contributed by atoms with van der Waals surface area (Å²) in [6, 6.07) is 2.06. The first-order valence-electron chi connectivity index (χ1n) is 7.97. The molecule has 1 aliphatic rings. The van der Waals surface area contributed by atoms with E-state index in [1.54, 1.807) is 0 Å². The molecule has 13 heteroatoms. The highest BCUT2D eigenvalue weighted by atomic mass is 19.4. The molecule has 2 nitrogen and oxygen atoms in total. The minimum Gasteiger partial charge on any atom is -0.270 e. The molecule has 1 atom stereocenters. The van der Waals surface area contributed by atoms with E-state index in [-0.39, 0.29) is 5.56 Å². The van der Waals surface area contributed by atoms with Crippen LogP contribution in [0.25, 0.3) is 0 Å². The smallest absolute Gasteiger partial charge is 0.270 e. The van der Waals surface area contributed by atoms with Crippen molar-refractivity contribution in [1.82, 2.24) is 4.98 Å². The number of benzene rings is 1. The van der Waals surface area contributed by atoms with Gasteiger partial charge >= 0.3 is 6.18 Å². The molecule has 31 heavy (non-hydrogen) atoms. The predicted molar refractivity (Wildman–Crippen MR) is 82.6 cm³/mol. The second kappa shape index (κ2) is 7.54. The van der Waals surface area contributed by atoms with Gasteiger partial charge in [-0.15, -0.1) is 0 Å². The lowest BCUT2D eigenvalue weighted by Crippen LogP contribution is -2.49. The van der Waals surface area contributed by atoms with Gasteiger partial charge in [0.25, 0.3) is 0 Å². The molecule has 0 saturated heterocycles. The van der Waals surface area contributed by atoms with Gasteiger partial charge in [0.1, 0.15) is 11.3 Å². The average molecular weight is 459 g/mol.